The van der Waals surface area contributed by atoms with E-state index in [2.05, 4.69) is 6.58 Å². The maximum Gasteiger partial charge on any atom is 0.163 e. The standard InChI is InChI=1S/C17H16O3/c1-3-13-6-4-5-7-14(13)11-20-15-8-9-16(12(2)18)17(19)10-15/h3-10,19H,1,11H2,2H3. The summed E-state index contributed by atoms with van der Waals surface area (Å²) in [7, 11) is 0. The molecule has 0 unspecified atom stereocenters. The normalized spacial score (nSPS) is 10.1. The summed E-state index contributed by atoms with van der Waals surface area (Å²) >= 11 is 0. The summed E-state index contributed by atoms with van der Waals surface area (Å²) in [4.78, 5) is 11.2. The van der Waals surface area contributed by atoms with Crippen molar-refractivity contribution in [2.75, 3.05) is 0 Å². The highest BCUT2D eigenvalue weighted by molar-refractivity contribution is 5.96. The Morgan fingerprint density at radius 2 is 2.05 bits per heavy atom. The number of carbonyl (C=O) groups is 1. The third-order valence-electron chi connectivity index (χ3n) is 3.02. The van der Waals surface area contributed by atoms with Crippen LogP contribution in [0.25, 0.3) is 6.08 Å². The molecule has 0 aliphatic rings. The summed E-state index contributed by atoms with van der Waals surface area (Å²) in [5.74, 6) is 0.282. The number of phenols is 1. The summed E-state index contributed by atoms with van der Waals surface area (Å²) in [6, 6.07) is 12.5. The lowest BCUT2D eigenvalue weighted by Gasteiger charge is -2.10. The molecule has 0 fully saturated rings. The summed E-state index contributed by atoms with van der Waals surface area (Å²) in [5.41, 5.74) is 2.32. The van der Waals surface area contributed by atoms with Crippen molar-refractivity contribution in [2.45, 2.75) is 13.5 Å². The van der Waals surface area contributed by atoms with Gasteiger partial charge in [-0.15, -0.1) is 0 Å². The largest absolute Gasteiger partial charge is 0.507 e. The van der Waals surface area contributed by atoms with Crippen molar-refractivity contribution in [3.63, 3.8) is 0 Å². The topological polar surface area (TPSA) is 46.5 Å². The fraction of sp³-hybridized carbons (Fsp3) is 0.118. The van der Waals surface area contributed by atoms with Crippen molar-refractivity contribution in [2.24, 2.45) is 0 Å². The molecule has 2 rings (SSSR count). The van der Waals surface area contributed by atoms with Crippen LogP contribution >= 0.6 is 0 Å². The predicted molar refractivity (Wildman–Crippen MR) is 79.0 cm³/mol. The van der Waals surface area contributed by atoms with Gasteiger partial charge in [0.15, 0.2) is 5.78 Å². The van der Waals surface area contributed by atoms with Gasteiger partial charge in [-0.2, -0.15) is 0 Å². The zero-order valence-electron chi connectivity index (χ0n) is 11.3. The Kier molecular flexibility index (Phi) is 4.20. The van der Waals surface area contributed by atoms with E-state index in [-0.39, 0.29) is 11.5 Å². The molecule has 1 N–H and O–H groups in total. The lowest BCUT2D eigenvalue weighted by atomic mass is 10.1. The zero-order chi connectivity index (χ0) is 14.5. The molecule has 0 atom stereocenters. The summed E-state index contributed by atoms with van der Waals surface area (Å²) in [6.45, 7) is 5.55. The number of ether oxygens (including phenoxy) is 1. The molecule has 0 saturated carbocycles. The molecule has 0 aliphatic heterocycles. The number of Topliss-reactive ketones (excluding diaryl/α,β-unsaturated/α-hetero) is 1. The van der Waals surface area contributed by atoms with Crippen LogP contribution in [0.5, 0.6) is 11.5 Å². The molecule has 0 spiro atoms. The zero-order valence-corrected chi connectivity index (χ0v) is 11.3. The molecule has 0 aliphatic carbocycles. The first-order valence-electron chi connectivity index (χ1n) is 6.29. The van der Waals surface area contributed by atoms with Crippen LogP contribution in [-0.2, 0) is 6.61 Å². The highest BCUT2D eigenvalue weighted by Crippen LogP contribution is 2.25. The molecule has 2 aromatic carbocycles. The smallest absolute Gasteiger partial charge is 0.163 e. The fourth-order valence-corrected chi connectivity index (χ4v) is 1.92. The number of hydrogen-bond donors (Lipinski definition) is 1. The van der Waals surface area contributed by atoms with Gasteiger partial charge in [-0.25, -0.2) is 0 Å². The molecule has 0 amide bonds. The monoisotopic (exact) mass is 268 g/mol. The van der Waals surface area contributed by atoms with E-state index >= 15 is 0 Å². The van der Waals surface area contributed by atoms with Crippen molar-refractivity contribution < 1.29 is 14.6 Å². The second kappa shape index (κ2) is 6.06. The van der Waals surface area contributed by atoms with E-state index in [1.807, 2.05) is 24.3 Å². The molecule has 102 valence electrons. The molecule has 20 heavy (non-hydrogen) atoms. The first-order valence-corrected chi connectivity index (χ1v) is 6.29. The van der Waals surface area contributed by atoms with E-state index in [9.17, 15) is 9.90 Å². The molecular formula is C17H16O3. The average Bonchev–Trinajstić information content (AvgIpc) is 2.45. The van der Waals surface area contributed by atoms with Crippen molar-refractivity contribution in [3.05, 3.63) is 65.7 Å². The predicted octanol–water partition coefficient (Wildman–Crippen LogP) is 3.82. The Hall–Kier alpha value is -2.55. The van der Waals surface area contributed by atoms with Gasteiger partial charge >= 0.3 is 0 Å². The van der Waals surface area contributed by atoms with E-state index in [0.29, 0.717) is 17.9 Å². The van der Waals surface area contributed by atoms with Crippen LogP contribution in [0.15, 0.2) is 49.0 Å². The molecule has 3 nitrogen and oxygen atoms in total. The van der Waals surface area contributed by atoms with Gasteiger partial charge in [-0.3, -0.25) is 4.79 Å². The first-order chi connectivity index (χ1) is 9.61. The van der Waals surface area contributed by atoms with Crippen LogP contribution in [0.4, 0.5) is 0 Å². The Labute approximate surface area is 118 Å². The van der Waals surface area contributed by atoms with Crippen LogP contribution in [0, 0.1) is 0 Å². The van der Waals surface area contributed by atoms with Gasteiger partial charge in [0.25, 0.3) is 0 Å². The lowest BCUT2D eigenvalue weighted by molar-refractivity contribution is 0.101. The van der Waals surface area contributed by atoms with Crippen molar-refractivity contribution in [1.29, 1.82) is 0 Å². The first kappa shape index (κ1) is 13.9. The van der Waals surface area contributed by atoms with Gasteiger partial charge in [-0.1, -0.05) is 36.9 Å². The quantitative estimate of drug-likeness (QED) is 0.838. The molecule has 0 bridgehead atoms. The SMILES string of the molecule is C=Cc1ccccc1COc1ccc(C(C)=O)c(O)c1. The maximum absolute atomic E-state index is 11.2. The summed E-state index contributed by atoms with van der Waals surface area (Å²) in [5, 5.41) is 9.74. The van der Waals surface area contributed by atoms with Crippen LogP contribution in [0.1, 0.15) is 28.4 Å². The van der Waals surface area contributed by atoms with Gasteiger partial charge in [0.2, 0.25) is 0 Å². The number of hydrogen-bond acceptors (Lipinski definition) is 3. The lowest BCUT2D eigenvalue weighted by Crippen LogP contribution is -1.99. The molecule has 2 aromatic rings. The van der Waals surface area contributed by atoms with E-state index in [0.717, 1.165) is 11.1 Å². The summed E-state index contributed by atoms with van der Waals surface area (Å²) < 4.78 is 5.63. The van der Waals surface area contributed by atoms with Gasteiger partial charge in [-0.05, 0) is 30.2 Å². The number of rotatable bonds is 5. The van der Waals surface area contributed by atoms with Crippen molar-refractivity contribution in [1.82, 2.24) is 0 Å². The van der Waals surface area contributed by atoms with E-state index < -0.39 is 0 Å². The Bertz CT molecular complexity index is 644. The number of benzene rings is 2. The molecule has 3 heteroatoms. The minimum Gasteiger partial charge on any atom is -0.507 e. The second-order valence-corrected chi connectivity index (χ2v) is 4.43. The highest BCUT2D eigenvalue weighted by atomic mass is 16.5. The number of aromatic hydroxyl groups is 1. The van der Waals surface area contributed by atoms with Gasteiger partial charge in [0, 0.05) is 6.07 Å². The molecule has 0 radical (unpaired) electrons. The minimum absolute atomic E-state index is 0.0630. The highest BCUT2D eigenvalue weighted by Gasteiger charge is 2.08. The van der Waals surface area contributed by atoms with Crippen molar-refractivity contribution >= 4 is 11.9 Å². The molecule has 0 heterocycles. The number of phenolic OH excluding ortho intramolecular Hbond substituents is 1. The Morgan fingerprint density at radius 3 is 2.70 bits per heavy atom. The fourth-order valence-electron chi connectivity index (χ4n) is 1.92. The minimum atomic E-state index is -0.175. The Morgan fingerprint density at radius 1 is 1.30 bits per heavy atom. The van der Waals surface area contributed by atoms with E-state index in [4.69, 9.17) is 4.74 Å². The van der Waals surface area contributed by atoms with E-state index in [1.165, 1.54) is 13.0 Å². The number of ketones is 1. The van der Waals surface area contributed by atoms with E-state index in [1.54, 1.807) is 18.2 Å². The summed E-state index contributed by atoms with van der Waals surface area (Å²) in [6.07, 6.45) is 1.77. The maximum atomic E-state index is 11.2. The Balaban J connectivity index is 2.13. The third-order valence-corrected chi connectivity index (χ3v) is 3.02. The molecular weight excluding hydrogens is 252 g/mol. The van der Waals surface area contributed by atoms with Crippen LogP contribution in [0.2, 0.25) is 0 Å². The van der Waals surface area contributed by atoms with Gasteiger partial charge in [0.05, 0.1) is 5.56 Å². The number of carbonyl (C=O) groups excluding carboxylic acids is 1. The van der Waals surface area contributed by atoms with Crippen molar-refractivity contribution in [3.8, 4) is 11.5 Å². The van der Waals surface area contributed by atoms with Crippen LogP contribution < -0.4 is 4.74 Å². The van der Waals surface area contributed by atoms with Gasteiger partial charge < -0.3 is 9.84 Å². The van der Waals surface area contributed by atoms with Crippen LogP contribution in [0.3, 0.4) is 0 Å². The van der Waals surface area contributed by atoms with Gasteiger partial charge in [0.1, 0.15) is 18.1 Å². The third kappa shape index (κ3) is 3.06. The average molecular weight is 268 g/mol. The molecule has 0 aromatic heterocycles. The molecule has 0 saturated heterocycles. The second-order valence-electron chi connectivity index (χ2n) is 4.43. The van der Waals surface area contributed by atoms with Crippen LogP contribution in [-0.4, -0.2) is 10.9 Å².